The number of fused-ring (bicyclic) bond motifs is 1. The summed E-state index contributed by atoms with van der Waals surface area (Å²) < 4.78 is 2.59. The van der Waals surface area contributed by atoms with E-state index in [1.807, 2.05) is 0 Å². The van der Waals surface area contributed by atoms with Crippen LogP contribution in [0.15, 0.2) is 0 Å². The highest BCUT2D eigenvalue weighted by molar-refractivity contribution is 5.21. The molecule has 0 saturated carbocycles. The largest absolute Gasteiger partial charge is 0.329 e. The average Bonchev–Trinajstić information content (AvgIpc) is 2.78. The summed E-state index contributed by atoms with van der Waals surface area (Å²) in [6.07, 6.45) is 4.76. The lowest BCUT2D eigenvalue weighted by molar-refractivity contribution is 0.216. The van der Waals surface area contributed by atoms with Crippen molar-refractivity contribution in [2.24, 2.45) is 0 Å². The van der Waals surface area contributed by atoms with Gasteiger partial charge in [0.2, 0.25) is 0 Å². The molecular weight excluding hydrogens is 224 g/mol. The maximum atomic E-state index is 4.85. The summed E-state index contributed by atoms with van der Waals surface area (Å²) in [5.74, 6) is 1.30. The minimum atomic E-state index is 0.686. The van der Waals surface area contributed by atoms with Crippen LogP contribution < -0.4 is 5.32 Å². The highest BCUT2D eigenvalue weighted by atomic mass is 15.2. The molecule has 0 unspecified atom stereocenters. The van der Waals surface area contributed by atoms with Crippen molar-refractivity contribution in [3.63, 3.8) is 0 Å². The Morgan fingerprint density at radius 1 is 1.33 bits per heavy atom. The summed E-state index contributed by atoms with van der Waals surface area (Å²) in [7, 11) is 2.23. The molecule has 4 heteroatoms. The second kappa shape index (κ2) is 5.02. The van der Waals surface area contributed by atoms with Gasteiger partial charge in [-0.2, -0.15) is 0 Å². The summed E-state index contributed by atoms with van der Waals surface area (Å²) in [5.41, 5.74) is 2.82. The van der Waals surface area contributed by atoms with E-state index in [4.69, 9.17) is 4.98 Å². The van der Waals surface area contributed by atoms with Crippen molar-refractivity contribution in [2.45, 2.75) is 45.2 Å². The first-order valence-electron chi connectivity index (χ1n) is 7.27. The third-order valence-electron chi connectivity index (χ3n) is 4.37. The quantitative estimate of drug-likeness (QED) is 0.858. The lowest BCUT2D eigenvalue weighted by Crippen LogP contribution is -2.33. The number of nitrogens with zero attached hydrogens (tertiary/aromatic N) is 3. The van der Waals surface area contributed by atoms with Gasteiger partial charge in [0.1, 0.15) is 5.82 Å². The summed E-state index contributed by atoms with van der Waals surface area (Å²) in [4.78, 5) is 7.29. The van der Waals surface area contributed by atoms with Crippen LogP contribution in [0.1, 0.15) is 43.0 Å². The zero-order valence-corrected chi connectivity index (χ0v) is 11.6. The van der Waals surface area contributed by atoms with Crippen LogP contribution in [-0.2, 0) is 19.4 Å². The molecule has 3 heterocycles. The molecule has 0 aliphatic carbocycles. The van der Waals surface area contributed by atoms with Crippen molar-refractivity contribution in [1.29, 1.82) is 0 Å². The number of piperidine rings is 1. The Morgan fingerprint density at radius 2 is 2.11 bits per heavy atom. The predicted octanol–water partition coefficient (Wildman–Crippen LogP) is 1.36. The van der Waals surface area contributed by atoms with Gasteiger partial charge in [0.15, 0.2) is 0 Å². The van der Waals surface area contributed by atoms with Gasteiger partial charge in [-0.3, -0.25) is 0 Å². The number of aromatic nitrogens is 2. The van der Waals surface area contributed by atoms with E-state index in [1.54, 1.807) is 0 Å². The summed E-state index contributed by atoms with van der Waals surface area (Å²) >= 11 is 0. The number of hydrogen-bond acceptors (Lipinski definition) is 3. The number of rotatable bonds is 2. The highest BCUT2D eigenvalue weighted by Gasteiger charge is 2.26. The first kappa shape index (κ1) is 12.2. The van der Waals surface area contributed by atoms with Crippen LogP contribution >= 0.6 is 0 Å². The molecule has 1 N–H and O–H groups in total. The van der Waals surface area contributed by atoms with Crippen molar-refractivity contribution in [3.8, 4) is 0 Å². The summed E-state index contributed by atoms with van der Waals surface area (Å²) in [6.45, 7) is 6.74. The maximum Gasteiger partial charge on any atom is 0.109 e. The van der Waals surface area contributed by atoms with E-state index >= 15 is 0 Å². The fraction of sp³-hybridized carbons (Fsp3) is 0.786. The number of likely N-dealkylation sites (tertiary alicyclic amines) is 1. The second-order valence-electron chi connectivity index (χ2n) is 5.61. The molecule has 0 amide bonds. The second-order valence-corrected chi connectivity index (χ2v) is 5.61. The van der Waals surface area contributed by atoms with Crippen molar-refractivity contribution in [1.82, 2.24) is 19.8 Å². The van der Waals surface area contributed by atoms with E-state index in [9.17, 15) is 0 Å². The molecule has 3 rings (SSSR count). The molecular formula is C14H24N4. The molecule has 0 radical (unpaired) electrons. The Labute approximate surface area is 109 Å². The zero-order valence-electron chi connectivity index (χ0n) is 11.6. The van der Waals surface area contributed by atoms with Crippen LogP contribution in [0.25, 0.3) is 0 Å². The molecule has 1 aromatic heterocycles. The van der Waals surface area contributed by atoms with Gasteiger partial charge < -0.3 is 14.8 Å². The number of aryl methyl sites for hydroxylation is 1. The zero-order chi connectivity index (χ0) is 12.5. The Hall–Kier alpha value is -0.870. The first-order chi connectivity index (χ1) is 8.79. The minimum absolute atomic E-state index is 0.686. The molecule has 1 fully saturated rings. The number of nitrogens with one attached hydrogen (secondary N) is 1. The van der Waals surface area contributed by atoms with Gasteiger partial charge in [-0.15, -0.1) is 0 Å². The Bertz CT molecular complexity index is 416. The Kier molecular flexibility index (Phi) is 3.39. The van der Waals surface area contributed by atoms with Crippen LogP contribution in [0.3, 0.4) is 0 Å². The molecule has 100 valence electrons. The van der Waals surface area contributed by atoms with Crippen molar-refractivity contribution >= 4 is 0 Å². The molecule has 4 nitrogen and oxygen atoms in total. The van der Waals surface area contributed by atoms with Crippen molar-refractivity contribution in [3.05, 3.63) is 17.2 Å². The lowest BCUT2D eigenvalue weighted by atomic mass is 10.0. The van der Waals surface area contributed by atoms with Gasteiger partial charge in [0.25, 0.3) is 0 Å². The predicted molar refractivity (Wildman–Crippen MR) is 72.8 cm³/mol. The summed E-state index contributed by atoms with van der Waals surface area (Å²) in [5, 5.41) is 3.43. The fourth-order valence-electron chi connectivity index (χ4n) is 3.32. The van der Waals surface area contributed by atoms with E-state index in [0.29, 0.717) is 6.04 Å². The van der Waals surface area contributed by atoms with Crippen molar-refractivity contribution < 1.29 is 0 Å². The third-order valence-corrected chi connectivity index (χ3v) is 4.37. The normalized spacial score (nSPS) is 22.1. The highest BCUT2D eigenvalue weighted by Crippen LogP contribution is 2.28. The van der Waals surface area contributed by atoms with Crippen LogP contribution in [0.4, 0.5) is 0 Å². The van der Waals surface area contributed by atoms with Gasteiger partial charge in [-0.25, -0.2) is 4.98 Å². The number of imidazole rings is 1. The van der Waals surface area contributed by atoms with Gasteiger partial charge in [0.05, 0.1) is 5.69 Å². The third kappa shape index (κ3) is 2.08. The van der Waals surface area contributed by atoms with Crippen LogP contribution in [0.5, 0.6) is 0 Å². The molecule has 0 bridgehead atoms. The first-order valence-corrected chi connectivity index (χ1v) is 7.27. The van der Waals surface area contributed by atoms with Gasteiger partial charge >= 0.3 is 0 Å². The van der Waals surface area contributed by atoms with E-state index in [-0.39, 0.29) is 0 Å². The van der Waals surface area contributed by atoms with E-state index in [0.717, 1.165) is 25.9 Å². The molecule has 1 saturated heterocycles. The Balaban J connectivity index is 1.92. The standard InChI is InChI=1S/C14H24N4/c1-3-14-16-12-10-15-7-4-13(12)18(14)11-5-8-17(2)9-6-11/h11,15H,3-10H2,1-2H3. The van der Waals surface area contributed by atoms with Crippen LogP contribution in [0, 0.1) is 0 Å². The fourth-order valence-corrected chi connectivity index (χ4v) is 3.32. The van der Waals surface area contributed by atoms with E-state index in [1.165, 1.54) is 43.1 Å². The van der Waals surface area contributed by atoms with Gasteiger partial charge in [-0.05, 0) is 33.0 Å². The van der Waals surface area contributed by atoms with E-state index < -0.39 is 0 Å². The molecule has 2 aliphatic heterocycles. The van der Waals surface area contributed by atoms with Crippen molar-refractivity contribution in [2.75, 3.05) is 26.7 Å². The molecule has 18 heavy (non-hydrogen) atoms. The SMILES string of the molecule is CCc1nc2c(n1C1CCN(C)CC1)CCNC2. The Morgan fingerprint density at radius 3 is 2.83 bits per heavy atom. The molecule has 0 atom stereocenters. The molecule has 1 aromatic rings. The molecule has 0 spiro atoms. The minimum Gasteiger partial charge on any atom is -0.329 e. The lowest BCUT2D eigenvalue weighted by Gasteiger charge is -2.32. The molecule has 2 aliphatic rings. The van der Waals surface area contributed by atoms with Crippen LogP contribution in [0.2, 0.25) is 0 Å². The average molecular weight is 248 g/mol. The maximum absolute atomic E-state index is 4.85. The summed E-state index contributed by atoms with van der Waals surface area (Å²) in [6, 6.07) is 0.686. The molecule has 0 aromatic carbocycles. The van der Waals surface area contributed by atoms with Gasteiger partial charge in [-0.1, -0.05) is 6.92 Å². The monoisotopic (exact) mass is 248 g/mol. The van der Waals surface area contributed by atoms with Crippen LogP contribution in [-0.4, -0.2) is 41.1 Å². The van der Waals surface area contributed by atoms with E-state index in [2.05, 4.69) is 28.8 Å². The topological polar surface area (TPSA) is 33.1 Å². The van der Waals surface area contributed by atoms with Gasteiger partial charge in [0, 0.05) is 37.7 Å². The number of hydrogen-bond donors (Lipinski definition) is 1. The smallest absolute Gasteiger partial charge is 0.109 e.